The number of hydrogen-bond acceptors (Lipinski definition) is 1. The van der Waals surface area contributed by atoms with Crippen LogP contribution in [0.5, 0.6) is 0 Å². The van der Waals surface area contributed by atoms with Gasteiger partial charge in [-0.3, -0.25) is 4.79 Å². The second kappa shape index (κ2) is 3.59. The molecule has 1 aromatic rings. The molecule has 0 bridgehead atoms. The standard InChI is InChI=1S/C9H10ClNO/c1-2-6-3-4-7(10)5-8(6)9(11)12/h3-5H,2H2,1H3,(H2,11,12). The zero-order chi connectivity index (χ0) is 9.14. The molecule has 0 unspecified atom stereocenters. The highest BCUT2D eigenvalue weighted by atomic mass is 35.5. The molecule has 1 amide bonds. The summed E-state index contributed by atoms with van der Waals surface area (Å²) in [6.07, 6.45) is 0.787. The van der Waals surface area contributed by atoms with E-state index >= 15 is 0 Å². The predicted molar refractivity (Wildman–Crippen MR) is 49.3 cm³/mol. The van der Waals surface area contributed by atoms with Crippen LogP contribution in [0.3, 0.4) is 0 Å². The third kappa shape index (κ3) is 1.77. The number of amides is 1. The van der Waals surface area contributed by atoms with Crippen molar-refractivity contribution in [1.29, 1.82) is 0 Å². The molecular weight excluding hydrogens is 174 g/mol. The minimum absolute atomic E-state index is 0.422. The van der Waals surface area contributed by atoms with Gasteiger partial charge >= 0.3 is 0 Å². The maximum Gasteiger partial charge on any atom is 0.249 e. The molecule has 2 N–H and O–H groups in total. The topological polar surface area (TPSA) is 43.1 Å². The number of halogens is 1. The first-order valence-electron chi connectivity index (χ1n) is 3.73. The fraction of sp³-hybridized carbons (Fsp3) is 0.222. The molecule has 0 aliphatic carbocycles. The number of nitrogens with two attached hydrogens (primary N) is 1. The molecule has 1 aromatic carbocycles. The monoisotopic (exact) mass is 183 g/mol. The number of carbonyl (C=O) groups excluding carboxylic acids is 1. The van der Waals surface area contributed by atoms with E-state index < -0.39 is 5.91 Å². The van der Waals surface area contributed by atoms with Crippen LogP contribution < -0.4 is 5.73 Å². The van der Waals surface area contributed by atoms with Crippen LogP contribution in [-0.4, -0.2) is 5.91 Å². The molecule has 0 aliphatic heterocycles. The molecule has 3 heteroatoms. The van der Waals surface area contributed by atoms with E-state index in [1.807, 2.05) is 13.0 Å². The van der Waals surface area contributed by atoms with Crippen molar-refractivity contribution in [2.24, 2.45) is 5.73 Å². The lowest BCUT2D eigenvalue weighted by Gasteiger charge is -2.03. The molecular formula is C9H10ClNO. The van der Waals surface area contributed by atoms with Crippen molar-refractivity contribution in [3.63, 3.8) is 0 Å². The largest absolute Gasteiger partial charge is 0.366 e. The van der Waals surface area contributed by atoms with Crippen molar-refractivity contribution >= 4 is 17.5 Å². The van der Waals surface area contributed by atoms with Crippen LogP contribution in [0.15, 0.2) is 18.2 Å². The fourth-order valence-electron chi connectivity index (χ4n) is 1.09. The van der Waals surface area contributed by atoms with Gasteiger partial charge in [0.25, 0.3) is 0 Å². The summed E-state index contributed by atoms with van der Waals surface area (Å²) in [4.78, 5) is 10.9. The maximum atomic E-state index is 10.9. The van der Waals surface area contributed by atoms with Gasteiger partial charge in [-0.15, -0.1) is 0 Å². The Labute approximate surface area is 76.3 Å². The Morgan fingerprint density at radius 3 is 2.75 bits per heavy atom. The zero-order valence-corrected chi connectivity index (χ0v) is 7.56. The highest BCUT2D eigenvalue weighted by molar-refractivity contribution is 6.31. The van der Waals surface area contributed by atoms with E-state index in [-0.39, 0.29) is 0 Å². The van der Waals surface area contributed by atoms with Gasteiger partial charge in [-0.25, -0.2) is 0 Å². The Morgan fingerprint density at radius 1 is 1.58 bits per heavy atom. The summed E-state index contributed by atoms with van der Waals surface area (Å²) in [7, 11) is 0. The predicted octanol–water partition coefficient (Wildman–Crippen LogP) is 2.00. The van der Waals surface area contributed by atoms with Crippen LogP contribution in [-0.2, 0) is 6.42 Å². The number of carbonyl (C=O) groups is 1. The third-order valence-corrected chi connectivity index (χ3v) is 1.95. The van der Waals surface area contributed by atoms with Gasteiger partial charge in [0.05, 0.1) is 0 Å². The van der Waals surface area contributed by atoms with Crippen molar-refractivity contribution in [2.75, 3.05) is 0 Å². The van der Waals surface area contributed by atoms with E-state index in [4.69, 9.17) is 17.3 Å². The van der Waals surface area contributed by atoms with E-state index in [1.165, 1.54) is 0 Å². The molecule has 0 heterocycles. The molecule has 12 heavy (non-hydrogen) atoms. The number of aryl methyl sites for hydroxylation is 1. The number of hydrogen-bond donors (Lipinski definition) is 1. The summed E-state index contributed by atoms with van der Waals surface area (Å²) in [5.41, 5.74) is 6.62. The molecule has 0 atom stereocenters. The highest BCUT2D eigenvalue weighted by Crippen LogP contribution is 2.15. The molecule has 64 valence electrons. The van der Waals surface area contributed by atoms with E-state index in [0.717, 1.165) is 12.0 Å². The molecule has 0 saturated carbocycles. The minimum Gasteiger partial charge on any atom is -0.366 e. The molecule has 2 nitrogen and oxygen atoms in total. The Balaban J connectivity index is 3.21. The van der Waals surface area contributed by atoms with Crippen LogP contribution in [0.2, 0.25) is 5.02 Å². The maximum absolute atomic E-state index is 10.9. The summed E-state index contributed by atoms with van der Waals surface area (Å²) in [5.74, 6) is -0.422. The normalized spacial score (nSPS) is 9.83. The SMILES string of the molecule is CCc1ccc(Cl)cc1C(N)=O. The molecule has 0 radical (unpaired) electrons. The lowest BCUT2D eigenvalue weighted by atomic mass is 10.1. The van der Waals surface area contributed by atoms with E-state index in [1.54, 1.807) is 12.1 Å². The van der Waals surface area contributed by atoms with E-state index in [9.17, 15) is 4.79 Å². The molecule has 0 saturated heterocycles. The van der Waals surface area contributed by atoms with Gasteiger partial charge in [0.1, 0.15) is 0 Å². The fourth-order valence-corrected chi connectivity index (χ4v) is 1.26. The van der Waals surface area contributed by atoms with Gasteiger partial charge in [-0.05, 0) is 24.1 Å². The molecule has 0 aromatic heterocycles. The average Bonchev–Trinajstić information content (AvgIpc) is 2.04. The summed E-state index contributed by atoms with van der Waals surface area (Å²) < 4.78 is 0. The van der Waals surface area contributed by atoms with Gasteiger partial charge in [-0.2, -0.15) is 0 Å². The first kappa shape index (κ1) is 9.07. The van der Waals surface area contributed by atoms with Crippen LogP contribution >= 0.6 is 11.6 Å². The van der Waals surface area contributed by atoms with Crippen molar-refractivity contribution in [3.05, 3.63) is 34.3 Å². The van der Waals surface area contributed by atoms with Crippen LogP contribution in [0.25, 0.3) is 0 Å². The van der Waals surface area contributed by atoms with Crippen molar-refractivity contribution in [1.82, 2.24) is 0 Å². The molecule has 0 fully saturated rings. The van der Waals surface area contributed by atoms with Gasteiger partial charge < -0.3 is 5.73 Å². The van der Waals surface area contributed by atoms with Gasteiger partial charge in [0, 0.05) is 10.6 Å². The number of benzene rings is 1. The Bertz CT molecular complexity index is 309. The van der Waals surface area contributed by atoms with Gasteiger partial charge in [0.2, 0.25) is 5.91 Å². The van der Waals surface area contributed by atoms with Crippen molar-refractivity contribution in [2.45, 2.75) is 13.3 Å². The lowest BCUT2D eigenvalue weighted by molar-refractivity contribution is 0.0999. The van der Waals surface area contributed by atoms with Crippen LogP contribution in [0, 0.1) is 0 Å². The summed E-state index contributed by atoms with van der Waals surface area (Å²) in [6.45, 7) is 1.97. The van der Waals surface area contributed by atoms with E-state index in [0.29, 0.717) is 10.6 Å². The van der Waals surface area contributed by atoms with Crippen LogP contribution in [0.1, 0.15) is 22.8 Å². The summed E-state index contributed by atoms with van der Waals surface area (Å²) in [5, 5.41) is 0.543. The first-order chi connectivity index (χ1) is 5.65. The Kier molecular flexibility index (Phi) is 2.71. The smallest absolute Gasteiger partial charge is 0.249 e. The second-order valence-corrected chi connectivity index (χ2v) is 2.96. The quantitative estimate of drug-likeness (QED) is 0.749. The van der Waals surface area contributed by atoms with Crippen LogP contribution in [0.4, 0.5) is 0 Å². The number of primary amides is 1. The summed E-state index contributed by atoms with van der Waals surface area (Å²) in [6, 6.07) is 5.18. The first-order valence-corrected chi connectivity index (χ1v) is 4.11. The third-order valence-electron chi connectivity index (χ3n) is 1.72. The van der Waals surface area contributed by atoms with Crippen molar-refractivity contribution < 1.29 is 4.79 Å². The van der Waals surface area contributed by atoms with E-state index in [2.05, 4.69) is 0 Å². The average molecular weight is 184 g/mol. The lowest BCUT2D eigenvalue weighted by Crippen LogP contribution is -2.13. The number of rotatable bonds is 2. The Hall–Kier alpha value is -1.02. The minimum atomic E-state index is -0.422. The van der Waals surface area contributed by atoms with Gasteiger partial charge in [-0.1, -0.05) is 24.6 Å². The summed E-state index contributed by atoms with van der Waals surface area (Å²) >= 11 is 5.71. The van der Waals surface area contributed by atoms with Gasteiger partial charge in [0.15, 0.2) is 0 Å². The molecule has 0 spiro atoms. The molecule has 0 aliphatic rings. The zero-order valence-electron chi connectivity index (χ0n) is 6.80. The highest BCUT2D eigenvalue weighted by Gasteiger charge is 2.06. The second-order valence-electron chi connectivity index (χ2n) is 2.52. The van der Waals surface area contributed by atoms with Crippen molar-refractivity contribution in [3.8, 4) is 0 Å². The Morgan fingerprint density at radius 2 is 2.25 bits per heavy atom. The molecule has 1 rings (SSSR count).